The molecule has 0 radical (unpaired) electrons. The number of hydrogen-bond donors (Lipinski definition) is 0. The van der Waals surface area contributed by atoms with E-state index in [1.54, 1.807) is 0 Å². The van der Waals surface area contributed by atoms with Gasteiger partial charge in [-0.3, -0.25) is 4.90 Å². The summed E-state index contributed by atoms with van der Waals surface area (Å²) in [6.45, 7) is 11.1. The summed E-state index contributed by atoms with van der Waals surface area (Å²) in [5.41, 5.74) is 2.06. The van der Waals surface area contributed by atoms with Gasteiger partial charge < -0.3 is 14.4 Å². The molecule has 2 aliphatic heterocycles. The van der Waals surface area contributed by atoms with E-state index in [-0.39, 0.29) is 12.1 Å². The lowest BCUT2D eigenvalue weighted by molar-refractivity contribution is 0.0223. The van der Waals surface area contributed by atoms with Crippen LogP contribution in [0.2, 0.25) is 0 Å². The average molecular weight is 346 g/mol. The number of ether oxygens (including phenoxy) is 2. The second-order valence-corrected chi connectivity index (χ2v) is 7.97. The molecule has 1 unspecified atom stereocenters. The smallest absolute Gasteiger partial charge is 0.410 e. The van der Waals surface area contributed by atoms with Crippen LogP contribution in [-0.4, -0.2) is 54.3 Å². The molecule has 0 aliphatic carbocycles. The molecule has 2 heterocycles. The van der Waals surface area contributed by atoms with Gasteiger partial charge in [-0.15, -0.1) is 0 Å². The molecule has 0 saturated carbocycles. The molecule has 2 aliphatic rings. The van der Waals surface area contributed by atoms with Crippen molar-refractivity contribution < 1.29 is 14.3 Å². The number of benzene rings is 1. The van der Waals surface area contributed by atoms with Crippen LogP contribution < -0.4 is 0 Å². The van der Waals surface area contributed by atoms with Crippen LogP contribution in [0.3, 0.4) is 0 Å². The van der Waals surface area contributed by atoms with Crippen LogP contribution in [0.15, 0.2) is 24.3 Å². The van der Waals surface area contributed by atoms with Crippen molar-refractivity contribution in [3.63, 3.8) is 0 Å². The molecule has 2 fully saturated rings. The summed E-state index contributed by atoms with van der Waals surface area (Å²) in [5.74, 6) is 0. The summed E-state index contributed by atoms with van der Waals surface area (Å²) in [6, 6.07) is 8.79. The molecule has 1 aromatic rings. The van der Waals surface area contributed by atoms with Crippen molar-refractivity contribution in [1.29, 1.82) is 0 Å². The monoisotopic (exact) mass is 346 g/mol. The fourth-order valence-electron chi connectivity index (χ4n) is 3.57. The van der Waals surface area contributed by atoms with E-state index in [0.29, 0.717) is 0 Å². The molecule has 2 saturated heterocycles. The van der Waals surface area contributed by atoms with E-state index in [1.807, 2.05) is 25.7 Å². The van der Waals surface area contributed by atoms with Crippen molar-refractivity contribution in [2.75, 3.05) is 32.8 Å². The lowest BCUT2D eigenvalue weighted by Gasteiger charge is -2.29. The van der Waals surface area contributed by atoms with E-state index < -0.39 is 5.60 Å². The van der Waals surface area contributed by atoms with Crippen molar-refractivity contribution in [3.8, 4) is 0 Å². The van der Waals surface area contributed by atoms with Gasteiger partial charge in [0, 0.05) is 26.2 Å². The molecular weight excluding hydrogens is 316 g/mol. The van der Waals surface area contributed by atoms with Crippen LogP contribution in [-0.2, 0) is 16.0 Å². The first-order valence-electron chi connectivity index (χ1n) is 9.31. The highest BCUT2D eigenvalue weighted by atomic mass is 16.6. The zero-order chi connectivity index (χ0) is 17.9. The first-order chi connectivity index (χ1) is 11.9. The van der Waals surface area contributed by atoms with Gasteiger partial charge in [0.15, 0.2) is 0 Å². The first kappa shape index (κ1) is 18.2. The summed E-state index contributed by atoms with van der Waals surface area (Å²) in [4.78, 5) is 16.8. The Kier molecular flexibility index (Phi) is 5.64. The Labute approximate surface area is 150 Å². The summed E-state index contributed by atoms with van der Waals surface area (Å²) in [5, 5.41) is 0. The molecule has 0 spiro atoms. The highest BCUT2D eigenvalue weighted by Crippen LogP contribution is 2.33. The van der Waals surface area contributed by atoms with Gasteiger partial charge >= 0.3 is 6.09 Å². The van der Waals surface area contributed by atoms with E-state index in [4.69, 9.17) is 9.47 Å². The number of hydrogen-bond acceptors (Lipinski definition) is 4. The van der Waals surface area contributed by atoms with Gasteiger partial charge in [0.05, 0.1) is 19.3 Å². The summed E-state index contributed by atoms with van der Waals surface area (Å²) in [7, 11) is 0. The maximum atomic E-state index is 12.5. The largest absolute Gasteiger partial charge is 0.444 e. The quantitative estimate of drug-likeness (QED) is 0.839. The van der Waals surface area contributed by atoms with Crippen molar-refractivity contribution >= 4 is 6.09 Å². The predicted octanol–water partition coefficient (Wildman–Crippen LogP) is 3.59. The molecular formula is C20H30N2O3. The predicted molar refractivity (Wildman–Crippen MR) is 97.5 cm³/mol. The Morgan fingerprint density at radius 3 is 2.72 bits per heavy atom. The third-order valence-corrected chi connectivity index (χ3v) is 4.73. The van der Waals surface area contributed by atoms with Crippen LogP contribution in [0.5, 0.6) is 0 Å². The average Bonchev–Trinajstić information content (AvgIpc) is 3.04. The Bertz CT molecular complexity index is 591. The minimum absolute atomic E-state index is 0.125. The van der Waals surface area contributed by atoms with Gasteiger partial charge in [-0.05, 0) is 44.7 Å². The van der Waals surface area contributed by atoms with Gasteiger partial charge in [-0.1, -0.05) is 24.3 Å². The minimum Gasteiger partial charge on any atom is -0.444 e. The van der Waals surface area contributed by atoms with Crippen molar-refractivity contribution in [3.05, 3.63) is 35.4 Å². The molecule has 0 aromatic heterocycles. The van der Waals surface area contributed by atoms with Crippen molar-refractivity contribution in [2.45, 2.75) is 51.8 Å². The number of carbonyl (C=O) groups excluding carboxylic acids is 1. The van der Waals surface area contributed by atoms with E-state index >= 15 is 0 Å². The summed E-state index contributed by atoms with van der Waals surface area (Å²) < 4.78 is 11.0. The van der Waals surface area contributed by atoms with E-state index in [0.717, 1.165) is 52.2 Å². The second-order valence-electron chi connectivity index (χ2n) is 7.97. The van der Waals surface area contributed by atoms with E-state index in [1.165, 1.54) is 11.1 Å². The maximum absolute atomic E-state index is 12.5. The molecule has 138 valence electrons. The Morgan fingerprint density at radius 2 is 2.00 bits per heavy atom. The number of morpholine rings is 1. The van der Waals surface area contributed by atoms with Crippen LogP contribution in [0.4, 0.5) is 4.79 Å². The Hall–Kier alpha value is -1.59. The molecule has 0 bridgehead atoms. The molecule has 25 heavy (non-hydrogen) atoms. The molecule has 1 amide bonds. The number of amides is 1. The molecule has 1 atom stereocenters. The Balaban J connectivity index is 1.69. The number of nitrogens with zero attached hydrogens (tertiary/aromatic N) is 2. The van der Waals surface area contributed by atoms with Crippen LogP contribution >= 0.6 is 0 Å². The lowest BCUT2D eigenvalue weighted by atomic mass is 10.0. The first-order valence-corrected chi connectivity index (χ1v) is 9.31. The minimum atomic E-state index is -0.456. The summed E-state index contributed by atoms with van der Waals surface area (Å²) >= 11 is 0. The fourth-order valence-corrected chi connectivity index (χ4v) is 3.57. The van der Waals surface area contributed by atoms with Crippen LogP contribution in [0, 0.1) is 0 Å². The van der Waals surface area contributed by atoms with Gasteiger partial charge in [0.25, 0.3) is 0 Å². The highest BCUT2D eigenvalue weighted by molar-refractivity contribution is 5.69. The van der Waals surface area contributed by atoms with Crippen molar-refractivity contribution in [2.24, 2.45) is 0 Å². The molecule has 0 N–H and O–H groups in total. The Morgan fingerprint density at radius 1 is 1.24 bits per heavy atom. The summed E-state index contributed by atoms with van der Waals surface area (Å²) in [6.07, 6.45) is 1.83. The maximum Gasteiger partial charge on any atom is 0.410 e. The molecule has 1 aromatic carbocycles. The SMILES string of the molecule is CC(C)(C)OC(=O)N1CCCC1c1cccc(CN2CCOCC2)c1. The third-order valence-electron chi connectivity index (χ3n) is 4.73. The number of carbonyl (C=O) groups is 1. The third kappa shape index (κ3) is 4.95. The lowest BCUT2D eigenvalue weighted by Crippen LogP contribution is -2.36. The number of likely N-dealkylation sites (tertiary alicyclic amines) is 1. The standard InChI is InChI=1S/C20H30N2O3/c1-20(2,3)25-19(23)22-9-5-8-18(22)17-7-4-6-16(14-17)15-21-10-12-24-13-11-21/h4,6-7,14,18H,5,8-13,15H2,1-3H3. The molecule has 3 rings (SSSR count). The van der Waals surface area contributed by atoms with Gasteiger partial charge in [0.2, 0.25) is 0 Å². The van der Waals surface area contributed by atoms with Gasteiger partial charge in [-0.25, -0.2) is 4.79 Å². The van der Waals surface area contributed by atoms with Crippen LogP contribution in [0.1, 0.15) is 50.8 Å². The zero-order valence-corrected chi connectivity index (χ0v) is 15.7. The van der Waals surface area contributed by atoms with E-state index in [2.05, 4.69) is 29.2 Å². The van der Waals surface area contributed by atoms with Gasteiger partial charge in [-0.2, -0.15) is 0 Å². The van der Waals surface area contributed by atoms with Gasteiger partial charge in [0.1, 0.15) is 5.60 Å². The highest BCUT2D eigenvalue weighted by Gasteiger charge is 2.33. The zero-order valence-electron chi connectivity index (χ0n) is 15.7. The van der Waals surface area contributed by atoms with Crippen LogP contribution in [0.25, 0.3) is 0 Å². The topological polar surface area (TPSA) is 42.0 Å². The second kappa shape index (κ2) is 7.75. The normalized spacial score (nSPS) is 22.2. The van der Waals surface area contributed by atoms with E-state index in [9.17, 15) is 4.79 Å². The fraction of sp³-hybridized carbons (Fsp3) is 0.650. The number of rotatable bonds is 3. The molecule has 5 nitrogen and oxygen atoms in total. The van der Waals surface area contributed by atoms with Crippen molar-refractivity contribution in [1.82, 2.24) is 9.80 Å². The molecule has 5 heteroatoms.